The van der Waals surface area contributed by atoms with Crippen LogP contribution < -0.4 is 5.32 Å². The van der Waals surface area contributed by atoms with E-state index in [1.54, 1.807) is 6.92 Å². The Kier molecular flexibility index (Phi) is 4.75. The van der Waals surface area contributed by atoms with E-state index in [1.165, 1.54) is 11.3 Å². The number of carbonyl (C=O) groups is 2. The number of nitrogens with one attached hydrogen (secondary N) is 1. The fraction of sp³-hybridized carbons (Fsp3) is 0.250. The van der Waals surface area contributed by atoms with Crippen molar-refractivity contribution in [3.05, 3.63) is 57.8 Å². The third-order valence-electron chi connectivity index (χ3n) is 3.40. The van der Waals surface area contributed by atoms with Crippen molar-refractivity contribution in [3.63, 3.8) is 0 Å². The van der Waals surface area contributed by atoms with Gasteiger partial charge in [-0.05, 0) is 36.4 Å². The topological polar surface area (TPSA) is 66.4 Å². The van der Waals surface area contributed by atoms with Crippen LogP contribution in [0.1, 0.15) is 33.8 Å². The minimum Gasteiger partial charge on any atom is -0.481 e. The van der Waals surface area contributed by atoms with Crippen molar-refractivity contribution < 1.29 is 14.7 Å². The highest BCUT2D eigenvalue weighted by Crippen LogP contribution is 2.24. The summed E-state index contributed by atoms with van der Waals surface area (Å²) >= 11 is 1.36. The maximum Gasteiger partial charge on any atom is 0.308 e. The Morgan fingerprint density at radius 1 is 1.19 bits per heavy atom. The van der Waals surface area contributed by atoms with E-state index in [0.29, 0.717) is 4.88 Å². The standard InChI is InChI=1S/C16H17NO3S/c1-10-8-9-21-14(10)15(18)17-13(11(2)16(19)20)12-6-4-3-5-7-12/h3-9,11,13H,1-2H3,(H,17,18)(H,19,20)/t11-,13+/m1/s1. The summed E-state index contributed by atoms with van der Waals surface area (Å²) in [4.78, 5) is 24.3. The first-order valence-corrected chi connectivity index (χ1v) is 7.51. The largest absolute Gasteiger partial charge is 0.481 e. The molecule has 0 fully saturated rings. The van der Waals surface area contributed by atoms with Crippen LogP contribution in [0, 0.1) is 12.8 Å². The van der Waals surface area contributed by atoms with Crippen LogP contribution in [0.4, 0.5) is 0 Å². The molecule has 2 N–H and O–H groups in total. The number of carboxylic acid groups (broad SMARTS) is 1. The van der Waals surface area contributed by atoms with Crippen LogP contribution in [0.2, 0.25) is 0 Å². The second-order valence-electron chi connectivity index (χ2n) is 4.92. The lowest BCUT2D eigenvalue weighted by Gasteiger charge is -2.22. The zero-order valence-electron chi connectivity index (χ0n) is 11.9. The molecule has 1 aromatic heterocycles. The monoisotopic (exact) mass is 303 g/mol. The summed E-state index contributed by atoms with van der Waals surface area (Å²) in [7, 11) is 0. The van der Waals surface area contributed by atoms with Gasteiger partial charge >= 0.3 is 5.97 Å². The van der Waals surface area contributed by atoms with Gasteiger partial charge in [-0.1, -0.05) is 30.3 Å². The quantitative estimate of drug-likeness (QED) is 0.891. The molecule has 0 bridgehead atoms. The first kappa shape index (κ1) is 15.3. The zero-order valence-corrected chi connectivity index (χ0v) is 12.7. The normalized spacial score (nSPS) is 13.4. The SMILES string of the molecule is Cc1ccsc1C(=O)N[C@H](c1ccccc1)[C@@H](C)C(=O)O. The lowest BCUT2D eigenvalue weighted by Crippen LogP contribution is -2.35. The predicted octanol–water partition coefficient (Wildman–Crippen LogP) is 3.25. The molecular weight excluding hydrogens is 286 g/mol. The Labute approximate surface area is 127 Å². The molecule has 1 amide bonds. The number of aliphatic carboxylic acids is 1. The summed E-state index contributed by atoms with van der Waals surface area (Å²) in [6, 6.07) is 10.5. The van der Waals surface area contributed by atoms with Crippen molar-refractivity contribution >= 4 is 23.2 Å². The van der Waals surface area contributed by atoms with Gasteiger partial charge in [0, 0.05) is 0 Å². The van der Waals surface area contributed by atoms with Gasteiger partial charge in [0.2, 0.25) is 0 Å². The molecule has 0 aliphatic rings. The summed E-state index contributed by atoms with van der Waals surface area (Å²) < 4.78 is 0. The molecule has 0 aliphatic heterocycles. The molecule has 0 radical (unpaired) electrons. The number of hydrogen-bond donors (Lipinski definition) is 2. The Morgan fingerprint density at radius 2 is 1.86 bits per heavy atom. The van der Waals surface area contributed by atoms with E-state index in [2.05, 4.69) is 5.32 Å². The summed E-state index contributed by atoms with van der Waals surface area (Å²) in [5.74, 6) is -1.88. The first-order chi connectivity index (χ1) is 10.0. The molecule has 0 spiro atoms. The Balaban J connectivity index is 2.27. The Bertz CT molecular complexity index is 636. The molecule has 2 rings (SSSR count). The molecule has 2 aromatic rings. The fourth-order valence-corrected chi connectivity index (χ4v) is 2.94. The van der Waals surface area contributed by atoms with E-state index in [0.717, 1.165) is 11.1 Å². The van der Waals surface area contributed by atoms with Crippen LogP contribution in [0.25, 0.3) is 0 Å². The minimum absolute atomic E-state index is 0.232. The van der Waals surface area contributed by atoms with Crippen molar-refractivity contribution in [2.24, 2.45) is 5.92 Å². The van der Waals surface area contributed by atoms with E-state index >= 15 is 0 Å². The summed E-state index contributed by atoms with van der Waals surface area (Å²) in [6.45, 7) is 3.46. The van der Waals surface area contributed by atoms with Gasteiger partial charge in [-0.3, -0.25) is 9.59 Å². The lowest BCUT2D eigenvalue weighted by atomic mass is 9.94. The van der Waals surface area contributed by atoms with Crippen LogP contribution in [-0.2, 0) is 4.79 Å². The molecule has 21 heavy (non-hydrogen) atoms. The van der Waals surface area contributed by atoms with E-state index < -0.39 is 17.9 Å². The van der Waals surface area contributed by atoms with Gasteiger partial charge in [0.25, 0.3) is 5.91 Å². The van der Waals surface area contributed by atoms with Crippen LogP contribution in [0.5, 0.6) is 0 Å². The summed E-state index contributed by atoms with van der Waals surface area (Å²) in [6.07, 6.45) is 0. The smallest absolute Gasteiger partial charge is 0.308 e. The van der Waals surface area contributed by atoms with Crippen LogP contribution in [0.3, 0.4) is 0 Å². The predicted molar refractivity (Wildman–Crippen MR) is 82.5 cm³/mol. The van der Waals surface area contributed by atoms with Gasteiger partial charge in [0.15, 0.2) is 0 Å². The second kappa shape index (κ2) is 6.54. The molecule has 5 heteroatoms. The molecule has 1 heterocycles. The Hall–Kier alpha value is -2.14. The minimum atomic E-state index is -0.938. The number of carboxylic acids is 1. The van der Waals surface area contributed by atoms with Crippen LogP contribution in [-0.4, -0.2) is 17.0 Å². The molecule has 4 nitrogen and oxygen atoms in total. The summed E-state index contributed by atoms with van der Waals surface area (Å²) in [5, 5.41) is 14.0. The number of aryl methyl sites for hydroxylation is 1. The lowest BCUT2D eigenvalue weighted by molar-refractivity contribution is -0.142. The first-order valence-electron chi connectivity index (χ1n) is 6.63. The highest BCUT2D eigenvalue weighted by atomic mass is 32.1. The second-order valence-corrected chi connectivity index (χ2v) is 5.84. The third kappa shape index (κ3) is 3.49. The molecular formula is C16H17NO3S. The van der Waals surface area contributed by atoms with Gasteiger partial charge in [0.05, 0.1) is 16.8 Å². The zero-order chi connectivity index (χ0) is 15.4. The maximum absolute atomic E-state index is 12.3. The Morgan fingerprint density at radius 3 is 2.38 bits per heavy atom. The molecule has 2 atom stereocenters. The fourth-order valence-electron chi connectivity index (χ4n) is 2.11. The van der Waals surface area contributed by atoms with Gasteiger partial charge in [-0.25, -0.2) is 0 Å². The van der Waals surface area contributed by atoms with Crippen LogP contribution >= 0.6 is 11.3 Å². The van der Waals surface area contributed by atoms with Crippen molar-refractivity contribution in [2.45, 2.75) is 19.9 Å². The van der Waals surface area contributed by atoms with Crippen molar-refractivity contribution in [1.29, 1.82) is 0 Å². The van der Waals surface area contributed by atoms with E-state index in [9.17, 15) is 14.7 Å². The number of hydrogen-bond acceptors (Lipinski definition) is 3. The third-order valence-corrected chi connectivity index (χ3v) is 4.42. The molecule has 0 saturated heterocycles. The van der Waals surface area contributed by atoms with Crippen molar-refractivity contribution in [3.8, 4) is 0 Å². The van der Waals surface area contributed by atoms with Gasteiger partial charge in [-0.15, -0.1) is 11.3 Å². The van der Waals surface area contributed by atoms with Crippen LogP contribution in [0.15, 0.2) is 41.8 Å². The molecule has 110 valence electrons. The number of benzene rings is 1. The van der Waals surface area contributed by atoms with E-state index in [-0.39, 0.29) is 5.91 Å². The number of carbonyl (C=O) groups excluding carboxylic acids is 1. The summed E-state index contributed by atoms with van der Waals surface area (Å²) in [5.41, 5.74) is 1.68. The number of amides is 1. The van der Waals surface area contributed by atoms with Crippen molar-refractivity contribution in [1.82, 2.24) is 5.32 Å². The molecule has 0 aliphatic carbocycles. The average Bonchev–Trinajstić information content (AvgIpc) is 2.91. The van der Waals surface area contributed by atoms with Gasteiger partial charge in [0.1, 0.15) is 0 Å². The molecule has 0 saturated carbocycles. The van der Waals surface area contributed by atoms with E-state index in [4.69, 9.17) is 0 Å². The molecule has 0 unspecified atom stereocenters. The van der Waals surface area contributed by atoms with Gasteiger partial charge in [-0.2, -0.15) is 0 Å². The number of rotatable bonds is 5. The number of thiophene rings is 1. The van der Waals surface area contributed by atoms with E-state index in [1.807, 2.05) is 48.7 Å². The van der Waals surface area contributed by atoms with Gasteiger partial charge < -0.3 is 10.4 Å². The highest BCUT2D eigenvalue weighted by molar-refractivity contribution is 7.12. The average molecular weight is 303 g/mol. The van der Waals surface area contributed by atoms with Crippen molar-refractivity contribution in [2.75, 3.05) is 0 Å². The maximum atomic E-state index is 12.3. The highest BCUT2D eigenvalue weighted by Gasteiger charge is 2.27. The molecule has 1 aromatic carbocycles.